The zero-order chi connectivity index (χ0) is 16.9. The summed E-state index contributed by atoms with van der Waals surface area (Å²) in [5, 5.41) is 16.2. The van der Waals surface area contributed by atoms with Crippen LogP contribution in [0.3, 0.4) is 0 Å². The molecule has 2 aliphatic heterocycles. The fourth-order valence-electron chi connectivity index (χ4n) is 3.50. The number of carbonyl (C=O) groups excluding carboxylic acids is 1. The minimum absolute atomic E-state index is 0.0179. The molecule has 0 saturated carbocycles. The quantitative estimate of drug-likeness (QED) is 0.807. The Morgan fingerprint density at radius 1 is 1.21 bits per heavy atom. The SMILES string of the molecule is CC1(C)C(=O)N(CCO)c2cc3c(cc21)NC(c1ccncc1)N3. The standard InChI is InChI=1S/C18H20N4O2/c1-18(2)12-9-13-14(10-15(12)22(7-8-23)17(18)24)21-16(20-13)11-3-5-19-6-4-11/h3-6,9-10,16,20-21,23H,7-8H2,1-2H3. The Morgan fingerprint density at radius 2 is 1.88 bits per heavy atom. The van der Waals surface area contributed by atoms with Crippen molar-refractivity contribution in [3.05, 3.63) is 47.8 Å². The van der Waals surface area contributed by atoms with Gasteiger partial charge in [-0.25, -0.2) is 0 Å². The summed E-state index contributed by atoms with van der Waals surface area (Å²) in [5.74, 6) is 0.0286. The van der Waals surface area contributed by atoms with Crippen LogP contribution >= 0.6 is 0 Å². The second kappa shape index (κ2) is 5.21. The molecule has 2 aliphatic rings. The van der Waals surface area contributed by atoms with Gasteiger partial charge >= 0.3 is 0 Å². The molecule has 3 heterocycles. The van der Waals surface area contributed by atoms with Gasteiger partial charge in [-0.2, -0.15) is 0 Å². The Bertz CT molecular complexity index is 804. The summed E-state index contributed by atoms with van der Waals surface area (Å²) < 4.78 is 0. The van der Waals surface area contributed by atoms with E-state index in [-0.39, 0.29) is 18.7 Å². The minimum Gasteiger partial charge on any atom is -0.395 e. The first-order valence-electron chi connectivity index (χ1n) is 8.06. The lowest BCUT2D eigenvalue weighted by Gasteiger charge is -2.19. The number of benzene rings is 1. The van der Waals surface area contributed by atoms with E-state index in [0.29, 0.717) is 6.54 Å². The molecule has 0 fully saturated rings. The summed E-state index contributed by atoms with van der Waals surface area (Å²) in [5.41, 5.74) is 4.33. The number of fused-ring (bicyclic) bond motifs is 2. The molecule has 1 unspecified atom stereocenters. The van der Waals surface area contributed by atoms with Crippen molar-refractivity contribution in [2.24, 2.45) is 0 Å². The number of carbonyl (C=O) groups is 1. The molecule has 6 nitrogen and oxygen atoms in total. The number of rotatable bonds is 3. The van der Waals surface area contributed by atoms with Gasteiger partial charge in [-0.3, -0.25) is 9.78 Å². The first-order valence-corrected chi connectivity index (χ1v) is 8.06. The van der Waals surface area contributed by atoms with Gasteiger partial charge in [0.2, 0.25) is 5.91 Å². The largest absolute Gasteiger partial charge is 0.395 e. The molecule has 24 heavy (non-hydrogen) atoms. The van der Waals surface area contributed by atoms with E-state index < -0.39 is 5.41 Å². The van der Waals surface area contributed by atoms with E-state index >= 15 is 0 Å². The van der Waals surface area contributed by atoms with Gasteiger partial charge in [0.25, 0.3) is 0 Å². The summed E-state index contributed by atoms with van der Waals surface area (Å²) >= 11 is 0. The van der Waals surface area contributed by atoms with Gasteiger partial charge in [0.15, 0.2) is 0 Å². The molecule has 1 aromatic heterocycles. The van der Waals surface area contributed by atoms with Crippen LogP contribution in [0.15, 0.2) is 36.7 Å². The molecule has 3 N–H and O–H groups in total. The Kier molecular flexibility index (Phi) is 3.25. The summed E-state index contributed by atoms with van der Waals surface area (Å²) in [6, 6.07) is 7.99. The first-order chi connectivity index (χ1) is 11.5. The van der Waals surface area contributed by atoms with Gasteiger partial charge < -0.3 is 20.6 Å². The number of hydrogen-bond donors (Lipinski definition) is 3. The van der Waals surface area contributed by atoms with Gasteiger partial charge in [0.05, 0.1) is 29.1 Å². The van der Waals surface area contributed by atoms with Crippen LogP contribution in [-0.4, -0.2) is 29.1 Å². The van der Waals surface area contributed by atoms with Crippen molar-refractivity contribution in [3.63, 3.8) is 0 Å². The fraction of sp³-hybridized carbons (Fsp3) is 0.333. The Hall–Kier alpha value is -2.60. The lowest BCUT2D eigenvalue weighted by Crippen LogP contribution is -2.37. The average molecular weight is 324 g/mol. The van der Waals surface area contributed by atoms with Crippen molar-refractivity contribution in [2.75, 3.05) is 28.7 Å². The van der Waals surface area contributed by atoms with Gasteiger partial charge in [-0.15, -0.1) is 0 Å². The molecule has 0 spiro atoms. The molecule has 6 heteroatoms. The summed E-state index contributed by atoms with van der Waals surface area (Å²) in [6.45, 7) is 4.13. The highest BCUT2D eigenvalue weighted by Crippen LogP contribution is 2.48. The predicted molar refractivity (Wildman–Crippen MR) is 93.1 cm³/mol. The molecule has 0 aliphatic carbocycles. The highest BCUT2D eigenvalue weighted by atomic mass is 16.3. The van der Waals surface area contributed by atoms with E-state index in [0.717, 1.165) is 28.2 Å². The maximum Gasteiger partial charge on any atom is 0.237 e. The van der Waals surface area contributed by atoms with Crippen LogP contribution in [0.1, 0.15) is 31.1 Å². The van der Waals surface area contributed by atoms with Crippen molar-refractivity contribution in [1.29, 1.82) is 0 Å². The lowest BCUT2D eigenvalue weighted by molar-refractivity contribution is -0.122. The van der Waals surface area contributed by atoms with Gasteiger partial charge in [-0.05, 0) is 49.2 Å². The predicted octanol–water partition coefficient (Wildman–Crippen LogP) is 2.23. The first kappa shape index (κ1) is 15.0. The zero-order valence-electron chi connectivity index (χ0n) is 13.7. The zero-order valence-corrected chi connectivity index (χ0v) is 13.7. The maximum atomic E-state index is 12.7. The van der Waals surface area contributed by atoms with Crippen molar-refractivity contribution in [3.8, 4) is 0 Å². The molecule has 2 aromatic rings. The third kappa shape index (κ3) is 2.06. The van der Waals surface area contributed by atoms with E-state index in [4.69, 9.17) is 0 Å². The minimum atomic E-state index is -0.587. The van der Waals surface area contributed by atoms with E-state index in [1.807, 2.05) is 38.1 Å². The molecule has 0 radical (unpaired) electrons. The molecule has 1 atom stereocenters. The molecule has 0 bridgehead atoms. The third-order valence-corrected chi connectivity index (χ3v) is 4.84. The summed E-state index contributed by atoms with van der Waals surface area (Å²) in [4.78, 5) is 18.4. The number of pyridine rings is 1. The Labute approximate surface area is 140 Å². The third-order valence-electron chi connectivity index (χ3n) is 4.84. The second-order valence-corrected chi connectivity index (χ2v) is 6.72. The number of amides is 1. The van der Waals surface area contributed by atoms with Crippen LogP contribution in [0.25, 0.3) is 0 Å². The lowest BCUT2D eigenvalue weighted by atomic mass is 9.86. The smallest absolute Gasteiger partial charge is 0.237 e. The number of hydrogen-bond acceptors (Lipinski definition) is 5. The topological polar surface area (TPSA) is 77.5 Å². The van der Waals surface area contributed by atoms with E-state index in [1.165, 1.54) is 0 Å². The van der Waals surface area contributed by atoms with E-state index in [2.05, 4.69) is 15.6 Å². The van der Waals surface area contributed by atoms with Crippen LogP contribution in [0.4, 0.5) is 17.1 Å². The normalized spacial score (nSPS) is 20.4. The van der Waals surface area contributed by atoms with E-state index in [1.54, 1.807) is 17.3 Å². The van der Waals surface area contributed by atoms with Gasteiger partial charge in [0.1, 0.15) is 6.17 Å². The fourth-order valence-corrected chi connectivity index (χ4v) is 3.50. The summed E-state index contributed by atoms with van der Waals surface area (Å²) in [6.07, 6.45) is 3.52. The second-order valence-electron chi connectivity index (χ2n) is 6.72. The van der Waals surface area contributed by atoms with Crippen LogP contribution < -0.4 is 15.5 Å². The number of β-amino-alcohol motifs (C(OH)–C–C–N with tert-alkyl or cyclic N) is 1. The number of aliphatic hydroxyl groups is 1. The Balaban J connectivity index is 1.73. The van der Waals surface area contributed by atoms with Crippen molar-refractivity contribution >= 4 is 23.0 Å². The van der Waals surface area contributed by atoms with E-state index in [9.17, 15) is 9.90 Å². The Morgan fingerprint density at radius 3 is 2.54 bits per heavy atom. The van der Waals surface area contributed by atoms with Crippen molar-refractivity contribution < 1.29 is 9.90 Å². The number of aromatic nitrogens is 1. The van der Waals surface area contributed by atoms with Gasteiger partial charge in [-0.1, -0.05) is 0 Å². The highest BCUT2D eigenvalue weighted by Gasteiger charge is 2.44. The number of nitrogens with zero attached hydrogens (tertiary/aromatic N) is 2. The molecule has 124 valence electrons. The number of anilines is 3. The molecular formula is C18H20N4O2. The molecular weight excluding hydrogens is 304 g/mol. The molecule has 1 amide bonds. The number of aliphatic hydroxyl groups excluding tert-OH is 1. The van der Waals surface area contributed by atoms with Crippen LogP contribution in [-0.2, 0) is 10.2 Å². The molecule has 0 saturated heterocycles. The molecule has 1 aromatic carbocycles. The van der Waals surface area contributed by atoms with Crippen LogP contribution in [0.5, 0.6) is 0 Å². The van der Waals surface area contributed by atoms with Crippen LogP contribution in [0, 0.1) is 0 Å². The molecule has 4 rings (SSSR count). The highest BCUT2D eigenvalue weighted by molar-refractivity contribution is 6.09. The van der Waals surface area contributed by atoms with Crippen LogP contribution in [0.2, 0.25) is 0 Å². The average Bonchev–Trinajstić information content (AvgIpc) is 3.08. The monoisotopic (exact) mass is 324 g/mol. The summed E-state index contributed by atoms with van der Waals surface area (Å²) in [7, 11) is 0. The van der Waals surface area contributed by atoms with Crippen molar-refractivity contribution in [1.82, 2.24) is 4.98 Å². The number of nitrogens with one attached hydrogen (secondary N) is 2. The van der Waals surface area contributed by atoms with Gasteiger partial charge in [0, 0.05) is 18.9 Å². The van der Waals surface area contributed by atoms with Crippen molar-refractivity contribution in [2.45, 2.75) is 25.4 Å². The maximum absolute atomic E-state index is 12.7.